The highest BCUT2D eigenvalue weighted by molar-refractivity contribution is 5.82. The first-order valence-electron chi connectivity index (χ1n) is 5.14. The largest absolute Gasteiger partial charge is 0.342 e. The highest BCUT2D eigenvalue weighted by atomic mass is 16.2. The van der Waals surface area contributed by atoms with E-state index in [4.69, 9.17) is 0 Å². The number of carbonyl (C=O) groups is 1. The third-order valence-corrected chi connectivity index (χ3v) is 2.68. The first-order chi connectivity index (χ1) is 7.86. The molecule has 0 spiro atoms. The van der Waals surface area contributed by atoms with Crippen LogP contribution in [0.2, 0.25) is 0 Å². The van der Waals surface area contributed by atoms with Gasteiger partial charge in [0.2, 0.25) is 0 Å². The van der Waals surface area contributed by atoms with E-state index in [2.05, 4.69) is 5.43 Å². The maximum atomic E-state index is 11.7. The molecule has 1 unspecified atom stereocenters. The molecule has 4 heteroatoms. The molecule has 1 fully saturated rings. The van der Waals surface area contributed by atoms with Crippen LogP contribution in [0.4, 0.5) is 10.5 Å². The van der Waals surface area contributed by atoms with E-state index in [0.29, 0.717) is 0 Å². The Kier molecular flexibility index (Phi) is 1.93. The summed E-state index contributed by atoms with van der Waals surface area (Å²) in [6.45, 7) is 0. The molecule has 1 aromatic rings. The van der Waals surface area contributed by atoms with Crippen molar-refractivity contribution in [2.75, 3.05) is 5.01 Å². The van der Waals surface area contributed by atoms with Crippen molar-refractivity contribution in [1.82, 2.24) is 10.3 Å². The molecule has 4 nitrogen and oxygen atoms in total. The normalized spacial score (nSPS) is 22.2. The van der Waals surface area contributed by atoms with Crippen molar-refractivity contribution in [2.24, 2.45) is 0 Å². The fourth-order valence-electron chi connectivity index (χ4n) is 1.92. The smallest absolute Gasteiger partial charge is 0.273 e. The number of nitrogens with one attached hydrogen (secondary N) is 1. The third kappa shape index (κ3) is 1.27. The number of hydrogen-bond acceptors (Lipinski definition) is 2. The number of hydrazine groups is 1. The Morgan fingerprint density at radius 2 is 1.94 bits per heavy atom. The van der Waals surface area contributed by atoms with Gasteiger partial charge in [-0.05, 0) is 24.3 Å². The summed E-state index contributed by atoms with van der Waals surface area (Å²) in [5.41, 5.74) is 3.81. The number of benzene rings is 1. The van der Waals surface area contributed by atoms with Crippen LogP contribution < -0.4 is 10.4 Å². The van der Waals surface area contributed by atoms with Crippen molar-refractivity contribution >= 4 is 11.7 Å². The molecule has 0 saturated carbocycles. The highest BCUT2D eigenvalue weighted by Crippen LogP contribution is 2.24. The van der Waals surface area contributed by atoms with Gasteiger partial charge in [0.15, 0.2) is 0 Å². The fraction of sp³-hybridized carbons (Fsp3) is 0.0833. The van der Waals surface area contributed by atoms with Gasteiger partial charge < -0.3 is 0 Å². The maximum Gasteiger partial charge on any atom is 0.342 e. The minimum atomic E-state index is -0.102. The number of rotatable bonds is 1. The molecular formula is C12H11N3O. The van der Waals surface area contributed by atoms with E-state index < -0.39 is 0 Å². The molecule has 0 aliphatic carbocycles. The van der Waals surface area contributed by atoms with Gasteiger partial charge in [-0.3, -0.25) is 9.91 Å². The second-order valence-corrected chi connectivity index (χ2v) is 3.67. The Balaban J connectivity index is 1.96. The average molecular weight is 213 g/mol. The second kappa shape index (κ2) is 3.41. The number of amides is 2. The highest BCUT2D eigenvalue weighted by Gasteiger charge is 2.35. The van der Waals surface area contributed by atoms with Gasteiger partial charge in [0, 0.05) is 6.20 Å². The molecule has 16 heavy (non-hydrogen) atoms. The van der Waals surface area contributed by atoms with E-state index in [-0.39, 0.29) is 12.2 Å². The summed E-state index contributed by atoms with van der Waals surface area (Å²) in [5.74, 6) is 0. The zero-order valence-corrected chi connectivity index (χ0v) is 8.58. The van der Waals surface area contributed by atoms with Gasteiger partial charge in [-0.25, -0.2) is 10.2 Å². The number of nitrogens with zero attached hydrogens (tertiary/aromatic N) is 2. The Hall–Kier alpha value is -2.23. The van der Waals surface area contributed by atoms with Gasteiger partial charge >= 0.3 is 6.03 Å². The molecule has 80 valence electrons. The van der Waals surface area contributed by atoms with Gasteiger partial charge in [-0.15, -0.1) is 0 Å². The molecule has 1 saturated heterocycles. The van der Waals surface area contributed by atoms with E-state index in [1.54, 1.807) is 11.1 Å². The predicted octanol–water partition coefficient (Wildman–Crippen LogP) is 1.84. The van der Waals surface area contributed by atoms with Crippen LogP contribution in [-0.2, 0) is 0 Å². The summed E-state index contributed by atoms with van der Waals surface area (Å²) in [5, 5.41) is 1.85. The van der Waals surface area contributed by atoms with Gasteiger partial charge in [-0.2, -0.15) is 0 Å². The Morgan fingerprint density at radius 1 is 1.12 bits per heavy atom. The lowest BCUT2D eigenvalue weighted by molar-refractivity contribution is 0.226. The first kappa shape index (κ1) is 9.03. The van der Waals surface area contributed by atoms with Crippen molar-refractivity contribution in [1.29, 1.82) is 0 Å². The van der Waals surface area contributed by atoms with Crippen LogP contribution in [0.5, 0.6) is 0 Å². The summed E-state index contributed by atoms with van der Waals surface area (Å²) in [6, 6.07) is 9.69. The predicted molar refractivity (Wildman–Crippen MR) is 61.4 cm³/mol. The lowest BCUT2D eigenvalue weighted by Gasteiger charge is -2.26. The molecule has 0 bridgehead atoms. The van der Waals surface area contributed by atoms with Gasteiger partial charge in [0.25, 0.3) is 0 Å². The molecule has 2 aliphatic heterocycles. The molecule has 1 N–H and O–H groups in total. The van der Waals surface area contributed by atoms with Crippen LogP contribution >= 0.6 is 0 Å². The third-order valence-electron chi connectivity index (χ3n) is 2.68. The quantitative estimate of drug-likeness (QED) is 0.772. The van der Waals surface area contributed by atoms with Gasteiger partial charge in [0.05, 0.1) is 5.69 Å². The number of para-hydroxylation sites is 1. The minimum absolute atomic E-state index is 0.0695. The molecule has 2 amide bonds. The Bertz CT molecular complexity index is 466. The van der Waals surface area contributed by atoms with E-state index in [9.17, 15) is 4.79 Å². The van der Waals surface area contributed by atoms with Gasteiger partial charge in [-0.1, -0.05) is 24.3 Å². The maximum absolute atomic E-state index is 11.7. The number of urea groups is 1. The summed E-state index contributed by atoms with van der Waals surface area (Å²) in [6.07, 6.45) is 7.48. The van der Waals surface area contributed by atoms with Crippen molar-refractivity contribution in [3.63, 3.8) is 0 Å². The zero-order valence-electron chi connectivity index (χ0n) is 8.58. The van der Waals surface area contributed by atoms with Crippen molar-refractivity contribution in [3.8, 4) is 0 Å². The summed E-state index contributed by atoms with van der Waals surface area (Å²) < 4.78 is 0. The summed E-state index contributed by atoms with van der Waals surface area (Å²) in [7, 11) is 0. The molecule has 1 atom stereocenters. The molecule has 1 aromatic carbocycles. The van der Waals surface area contributed by atoms with Crippen LogP contribution in [-0.4, -0.2) is 17.1 Å². The molecule has 2 heterocycles. The minimum Gasteiger partial charge on any atom is -0.273 e. The van der Waals surface area contributed by atoms with Crippen molar-refractivity contribution < 1.29 is 4.79 Å². The Labute approximate surface area is 93.4 Å². The number of hydrogen-bond donors (Lipinski definition) is 1. The number of fused-ring (bicyclic) bond motifs is 1. The van der Waals surface area contributed by atoms with Crippen LogP contribution in [0.25, 0.3) is 0 Å². The van der Waals surface area contributed by atoms with Crippen LogP contribution in [0.1, 0.15) is 0 Å². The van der Waals surface area contributed by atoms with Crippen LogP contribution in [0.3, 0.4) is 0 Å². The summed E-state index contributed by atoms with van der Waals surface area (Å²) in [4.78, 5) is 13.3. The van der Waals surface area contributed by atoms with E-state index in [1.807, 2.05) is 53.6 Å². The summed E-state index contributed by atoms with van der Waals surface area (Å²) >= 11 is 0. The Morgan fingerprint density at radius 3 is 2.75 bits per heavy atom. The van der Waals surface area contributed by atoms with Crippen molar-refractivity contribution in [3.05, 3.63) is 54.8 Å². The number of anilines is 1. The average Bonchev–Trinajstić information content (AvgIpc) is 2.69. The molecule has 3 rings (SSSR count). The second-order valence-electron chi connectivity index (χ2n) is 3.67. The van der Waals surface area contributed by atoms with E-state index in [1.165, 1.54) is 0 Å². The molecule has 0 aromatic heterocycles. The van der Waals surface area contributed by atoms with Gasteiger partial charge in [0.1, 0.15) is 6.17 Å². The molecular weight excluding hydrogens is 202 g/mol. The molecule has 0 radical (unpaired) electrons. The van der Waals surface area contributed by atoms with Crippen molar-refractivity contribution in [2.45, 2.75) is 6.17 Å². The lowest BCUT2D eigenvalue weighted by atomic mass is 10.2. The van der Waals surface area contributed by atoms with Crippen LogP contribution in [0.15, 0.2) is 54.8 Å². The van der Waals surface area contributed by atoms with E-state index >= 15 is 0 Å². The fourth-order valence-corrected chi connectivity index (χ4v) is 1.92. The monoisotopic (exact) mass is 213 g/mol. The standard InChI is InChI=1S/C12H11N3O/c16-12-13-15(10-6-2-1-3-7-10)11-8-4-5-9-14(11)12/h1-9,11H,(H,13,16). The number of carbonyl (C=O) groups excluding carboxylic acids is 1. The molecule has 2 aliphatic rings. The zero-order chi connectivity index (χ0) is 11.0. The SMILES string of the molecule is O=C1NN(c2ccccc2)C2C=CC=CN12. The topological polar surface area (TPSA) is 35.6 Å². The van der Waals surface area contributed by atoms with E-state index in [0.717, 1.165) is 5.69 Å². The number of allylic oxidation sites excluding steroid dienone is 2. The van der Waals surface area contributed by atoms with Crippen LogP contribution in [0, 0.1) is 0 Å². The first-order valence-corrected chi connectivity index (χ1v) is 5.14. The lowest BCUT2D eigenvalue weighted by Crippen LogP contribution is -2.39.